The maximum Gasteiger partial charge on any atom is 0.336 e. The van der Waals surface area contributed by atoms with Gasteiger partial charge in [-0.15, -0.1) is 0 Å². The van der Waals surface area contributed by atoms with Gasteiger partial charge < -0.3 is 5.32 Å². The van der Waals surface area contributed by atoms with E-state index in [0.717, 1.165) is 33.0 Å². The van der Waals surface area contributed by atoms with Crippen LogP contribution in [0.2, 0.25) is 0 Å². The molecular weight excluding hydrogens is 548 g/mol. The van der Waals surface area contributed by atoms with Crippen LogP contribution >= 0.6 is 0 Å². The van der Waals surface area contributed by atoms with Gasteiger partial charge in [0.15, 0.2) is 11.6 Å². The van der Waals surface area contributed by atoms with Gasteiger partial charge in [0.1, 0.15) is 17.0 Å². The van der Waals surface area contributed by atoms with Crippen LogP contribution in [-0.2, 0) is 17.3 Å². The van der Waals surface area contributed by atoms with E-state index in [4.69, 9.17) is 0 Å². The van der Waals surface area contributed by atoms with E-state index < -0.39 is 56.2 Å². The monoisotopic (exact) mass is 573 g/mol. The van der Waals surface area contributed by atoms with Crippen molar-refractivity contribution in [2.45, 2.75) is 32.7 Å². The Balaban J connectivity index is 1.91. The fourth-order valence-electron chi connectivity index (χ4n) is 4.54. The number of hydrogen-bond acceptors (Lipinski definition) is 7. The number of aryl methyl sites for hydroxylation is 2. The van der Waals surface area contributed by atoms with Crippen LogP contribution in [0.15, 0.2) is 44.8 Å². The Bertz CT molecular complexity index is 2000. The molecule has 12 nitrogen and oxygen atoms in total. The summed E-state index contributed by atoms with van der Waals surface area (Å²) in [5.74, 6) is -2.67. The standard InChI is InChI=1S/C25H25F2N7O5S/c1-12-5-8-16(15(26)11-12)30-22-18-20(13(2)23(35)32(22)4)34(25(37)33(24(18)36)14-6-7-14)17-9-10-29-21(19(17)27)31-40(38,39)28-3/h5,8-11,14,28,30H,6-7H2,1-4H3,(H,29,31). The highest BCUT2D eigenvalue weighted by Gasteiger charge is 2.32. The largest absolute Gasteiger partial charge is 0.338 e. The summed E-state index contributed by atoms with van der Waals surface area (Å²) < 4.78 is 61.6. The van der Waals surface area contributed by atoms with Crippen LogP contribution < -0.4 is 31.6 Å². The van der Waals surface area contributed by atoms with Crippen molar-refractivity contribution in [3.63, 3.8) is 0 Å². The minimum absolute atomic E-state index is 0.0280. The van der Waals surface area contributed by atoms with Crippen molar-refractivity contribution in [3.05, 3.63) is 84.4 Å². The highest BCUT2D eigenvalue weighted by atomic mass is 32.2. The third-order valence-electron chi connectivity index (χ3n) is 6.74. The van der Waals surface area contributed by atoms with Gasteiger partial charge in [0.2, 0.25) is 0 Å². The average molecular weight is 574 g/mol. The fourth-order valence-corrected chi connectivity index (χ4v) is 5.04. The highest BCUT2D eigenvalue weighted by Crippen LogP contribution is 2.34. The predicted octanol–water partition coefficient (Wildman–Crippen LogP) is 2.10. The number of nitrogens with one attached hydrogen (secondary N) is 3. The van der Waals surface area contributed by atoms with Crippen molar-refractivity contribution in [2.24, 2.45) is 7.05 Å². The molecule has 1 aromatic carbocycles. The van der Waals surface area contributed by atoms with Crippen molar-refractivity contribution in [2.75, 3.05) is 17.1 Å². The molecule has 3 N–H and O–H groups in total. The molecule has 0 amide bonds. The molecule has 0 spiro atoms. The Labute approximate surface area is 226 Å². The molecule has 0 radical (unpaired) electrons. The smallest absolute Gasteiger partial charge is 0.336 e. The second-order valence-corrected chi connectivity index (χ2v) is 11.1. The maximum absolute atomic E-state index is 15.8. The summed E-state index contributed by atoms with van der Waals surface area (Å²) >= 11 is 0. The first-order chi connectivity index (χ1) is 18.9. The summed E-state index contributed by atoms with van der Waals surface area (Å²) in [6.07, 6.45) is 2.12. The van der Waals surface area contributed by atoms with E-state index in [1.807, 2.05) is 9.44 Å². The molecule has 15 heteroatoms. The van der Waals surface area contributed by atoms with Gasteiger partial charge in [-0.25, -0.2) is 23.3 Å². The molecule has 0 atom stereocenters. The average Bonchev–Trinajstić information content (AvgIpc) is 3.73. The molecule has 1 saturated carbocycles. The van der Waals surface area contributed by atoms with Gasteiger partial charge in [-0.1, -0.05) is 6.07 Å². The zero-order valence-corrected chi connectivity index (χ0v) is 22.7. The molecule has 210 valence electrons. The summed E-state index contributed by atoms with van der Waals surface area (Å²) in [6.45, 7) is 3.08. The summed E-state index contributed by atoms with van der Waals surface area (Å²) in [7, 11) is -1.68. The number of rotatable bonds is 7. The SMILES string of the molecule is CNS(=O)(=O)Nc1nccc(-n2c(=O)n(C3CC3)c(=O)c3c(Nc4ccc(C)cc4F)n(C)c(=O)c(C)c32)c1F. The molecule has 0 saturated heterocycles. The number of nitrogens with zero attached hydrogens (tertiary/aromatic N) is 4. The minimum Gasteiger partial charge on any atom is -0.338 e. The van der Waals surface area contributed by atoms with Crippen LogP contribution in [-0.4, -0.2) is 34.2 Å². The second kappa shape index (κ2) is 9.67. The van der Waals surface area contributed by atoms with Crippen LogP contribution in [0.4, 0.5) is 26.1 Å². The lowest BCUT2D eigenvalue weighted by Crippen LogP contribution is -2.41. The third-order valence-corrected chi connectivity index (χ3v) is 7.74. The van der Waals surface area contributed by atoms with Crippen molar-refractivity contribution in [3.8, 4) is 5.69 Å². The lowest BCUT2D eigenvalue weighted by Gasteiger charge is -2.21. The highest BCUT2D eigenvalue weighted by molar-refractivity contribution is 7.90. The van der Waals surface area contributed by atoms with E-state index in [1.165, 1.54) is 26.1 Å². The molecule has 1 aliphatic carbocycles. The first-order valence-electron chi connectivity index (χ1n) is 12.2. The molecular formula is C25H25F2N7O5S. The quantitative estimate of drug-likeness (QED) is 0.307. The number of fused-ring (bicyclic) bond motifs is 1. The summed E-state index contributed by atoms with van der Waals surface area (Å²) in [4.78, 5) is 44.7. The van der Waals surface area contributed by atoms with E-state index >= 15 is 4.39 Å². The zero-order chi connectivity index (χ0) is 29.1. The topological polar surface area (TPSA) is 149 Å². The number of benzene rings is 1. The molecule has 0 bridgehead atoms. The first kappa shape index (κ1) is 27.2. The maximum atomic E-state index is 15.8. The van der Waals surface area contributed by atoms with Crippen molar-refractivity contribution in [1.29, 1.82) is 0 Å². The lowest BCUT2D eigenvalue weighted by atomic mass is 10.1. The van der Waals surface area contributed by atoms with Crippen LogP contribution in [0.5, 0.6) is 0 Å². The molecule has 0 unspecified atom stereocenters. The van der Waals surface area contributed by atoms with Crippen LogP contribution in [0.1, 0.15) is 30.0 Å². The minimum atomic E-state index is -4.18. The zero-order valence-electron chi connectivity index (χ0n) is 21.9. The van der Waals surface area contributed by atoms with E-state index in [-0.39, 0.29) is 28.0 Å². The van der Waals surface area contributed by atoms with E-state index in [2.05, 4.69) is 10.3 Å². The van der Waals surface area contributed by atoms with Gasteiger partial charge in [-0.3, -0.25) is 28.0 Å². The van der Waals surface area contributed by atoms with Gasteiger partial charge >= 0.3 is 5.69 Å². The van der Waals surface area contributed by atoms with Gasteiger partial charge in [-0.05, 0) is 50.5 Å². The van der Waals surface area contributed by atoms with Crippen LogP contribution in [0, 0.1) is 25.5 Å². The Kier molecular flexibility index (Phi) is 6.58. The van der Waals surface area contributed by atoms with Crippen LogP contribution in [0.3, 0.4) is 0 Å². The summed E-state index contributed by atoms with van der Waals surface area (Å²) in [5, 5.41) is 2.67. The molecule has 1 fully saturated rings. The van der Waals surface area contributed by atoms with E-state index in [0.29, 0.717) is 18.4 Å². The number of pyridine rings is 2. The molecule has 5 rings (SSSR count). The fraction of sp³-hybridized carbons (Fsp3) is 0.280. The number of halogens is 2. The van der Waals surface area contributed by atoms with Crippen molar-refractivity contribution < 1.29 is 17.2 Å². The van der Waals surface area contributed by atoms with Crippen molar-refractivity contribution >= 4 is 38.4 Å². The third kappa shape index (κ3) is 4.46. The second-order valence-electron chi connectivity index (χ2n) is 9.50. The van der Waals surface area contributed by atoms with Gasteiger partial charge in [0, 0.05) is 31.9 Å². The van der Waals surface area contributed by atoms with Gasteiger partial charge in [0.05, 0.1) is 16.9 Å². The van der Waals surface area contributed by atoms with Crippen molar-refractivity contribution in [1.82, 2.24) is 23.4 Å². The van der Waals surface area contributed by atoms with Gasteiger partial charge in [-0.2, -0.15) is 8.42 Å². The Morgan fingerprint density at radius 2 is 1.75 bits per heavy atom. The molecule has 3 aromatic heterocycles. The normalized spacial score (nSPS) is 13.6. The lowest BCUT2D eigenvalue weighted by molar-refractivity contribution is 0.587. The predicted molar refractivity (Wildman–Crippen MR) is 146 cm³/mol. The van der Waals surface area contributed by atoms with Gasteiger partial charge in [0.25, 0.3) is 21.3 Å². The Hall–Kier alpha value is -4.37. The molecule has 1 aliphatic rings. The Morgan fingerprint density at radius 1 is 1.05 bits per heavy atom. The molecule has 3 heterocycles. The Morgan fingerprint density at radius 3 is 2.38 bits per heavy atom. The van der Waals surface area contributed by atoms with E-state index in [9.17, 15) is 27.2 Å². The van der Waals surface area contributed by atoms with E-state index in [1.54, 1.807) is 13.0 Å². The molecule has 40 heavy (non-hydrogen) atoms. The summed E-state index contributed by atoms with van der Waals surface area (Å²) in [5.41, 5.74) is -2.39. The number of anilines is 3. The number of aromatic nitrogens is 4. The molecule has 0 aliphatic heterocycles. The number of hydrogen-bond donors (Lipinski definition) is 3. The van der Waals surface area contributed by atoms with Crippen LogP contribution in [0.25, 0.3) is 16.6 Å². The molecule has 4 aromatic rings. The first-order valence-corrected chi connectivity index (χ1v) is 13.6. The summed E-state index contributed by atoms with van der Waals surface area (Å²) in [6, 6.07) is 5.01.